The second-order valence-electron chi connectivity index (χ2n) is 8.23. The molecule has 2 aliphatic heterocycles. The van der Waals surface area contributed by atoms with Crippen molar-refractivity contribution in [3.63, 3.8) is 0 Å². The highest BCUT2D eigenvalue weighted by Gasteiger charge is 2.33. The summed E-state index contributed by atoms with van der Waals surface area (Å²) in [6, 6.07) is 4.65. The number of carbonyl (C=O) groups is 3. The Balaban J connectivity index is 1.35. The Labute approximate surface area is 189 Å². The smallest absolute Gasteiger partial charge is 0.414 e. The predicted molar refractivity (Wildman–Crippen MR) is 115 cm³/mol. The molecule has 0 bridgehead atoms. The lowest BCUT2D eigenvalue weighted by Crippen LogP contribution is -2.36. The van der Waals surface area contributed by atoms with E-state index < -0.39 is 24.0 Å². The minimum absolute atomic E-state index is 0.0545. The van der Waals surface area contributed by atoms with Crippen molar-refractivity contribution in [3.05, 3.63) is 35.9 Å². The van der Waals surface area contributed by atoms with Gasteiger partial charge in [0.1, 0.15) is 11.9 Å². The van der Waals surface area contributed by atoms with Gasteiger partial charge in [-0.05, 0) is 37.0 Å². The van der Waals surface area contributed by atoms with Gasteiger partial charge in [0, 0.05) is 26.6 Å². The molecule has 1 atom stereocenters. The topological polar surface area (TPSA) is 130 Å². The quantitative estimate of drug-likeness (QED) is 0.636. The van der Waals surface area contributed by atoms with Crippen LogP contribution in [0.5, 0.6) is 0 Å². The lowest BCUT2D eigenvalue weighted by Gasteiger charge is -2.34. The molecular formula is C21H25FN6O5. The third kappa shape index (κ3) is 5.04. The molecule has 0 spiro atoms. The number of carboxylic acid groups (broad SMARTS) is 1. The first-order valence-corrected chi connectivity index (χ1v) is 10.7. The van der Waals surface area contributed by atoms with E-state index in [1.165, 1.54) is 28.8 Å². The molecule has 3 heterocycles. The third-order valence-corrected chi connectivity index (χ3v) is 5.92. The average molecular weight is 460 g/mol. The van der Waals surface area contributed by atoms with Crippen LogP contribution in [0.4, 0.5) is 20.6 Å². The minimum Gasteiger partial charge on any atom is -0.476 e. The number of nitrogens with one attached hydrogen (secondary N) is 1. The zero-order valence-corrected chi connectivity index (χ0v) is 18.1. The van der Waals surface area contributed by atoms with Gasteiger partial charge in [0.2, 0.25) is 5.91 Å². The molecule has 11 nitrogen and oxygen atoms in total. The van der Waals surface area contributed by atoms with Crippen LogP contribution in [0.3, 0.4) is 0 Å². The summed E-state index contributed by atoms with van der Waals surface area (Å²) >= 11 is 0. The number of anilines is 2. The van der Waals surface area contributed by atoms with E-state index in [1.54, 1.807) is 12.1 Å². The third-order valence-electron chi connectivity index (χ3n) is 5.92. The van der Waals surface area contributed by atoms with Gasteiger partial charge in [-0.2, -0.15) is 0 Å². The number of ether oxygens (including phenoxy) is 1. The molecule has 2 aliphatic rings. The van der Waals surface area contributed by atoms with Crippen LogP contribution in [0.25, 0.3) is 0 Å². The fourth-order valence-corrected chi connectivity index (χ4v) is 4.18. The molecular weight excluding hydrogens is 435 g/mol. The summed E-state index contributed by atoms with van der Waals surface area (Å²) in [5.74, 6) is -1.51. The van der Waals surface area contributed by atoms with Gasteiger partial charge in [0.05, 0.1) is 30.7 Å². The molecule has 33 heavy (non-hydrogen) atoms. The Hall–Kier alpha value is -3.70. The summed E-state index contributed by atoms with van der Waals surface area (Å²) in [6.07, 6.45) is 1.67. The number of aromatic carboxylic acids is 1. The van der Waals surface area contributed by atoms with Crippen LogP contribution in [-0.4, -0.2) is 70.4 Å². The van der Waals surface area contributed by atoms with E-state index in [2.05, 4.69) is 15.6 Å². The van der Waals surface area contributed by atoms with Crippen molar-refractivity contribution >= 4 is 29.3 Å². The summed E-state index contributed by atoms with van der Waals surface area (Å²) in [4.78, 5) is 37.7. The number of cyclic esters (lactones) is 1. The standard InChI is InChI=1S/C21H25FN6O5/c1-13(29)23-9-16-12-27(21(32)33-16)15-2-3-18(17(22)8-15)26-6-4-14(5-7-26)11-28-19(20(30)31)10-24-25-28/h2-3,8,10,14,16H,4-7,9,11-12H2,1H3,(H,23,29)(H,30,31)/t16-/m0/s1. The SMILES string of the molecule is CC(=O)NC[C@H]1CN(c2ccc(N3CCC(Cn4nncc4C(=O)O)CC3)c(F)c2)C(=O)O1. The van der Waals surface area contributed by atoms with Crippen molar-refractivity contribution in [1.29, 1.82) is 0 Å². The van der Waals surface area contributed by atoms with Gasteiger partial charge >= 0.3 is 12.1 Å². The highest BCUT2D eigenvalue weighted by molar-refractivity contribution is 5.90. The lowest BCUT2D eigenvalue weighted by atomic mass is 9.96. The molecule has 2 amide bonds. The number of carbonyl (C=O) groups excluding carboxylic acids is 2. The van der Waals surface area contributed by atoms with Crippen molar-refractivity contribution in [3.8, 4) is 0 Å². The number of hydrogen-bond acceptors (Lipinski definition) is 7. The van der Waals surface area contributed by atoms with Crippen LogP contribution >= 0.6 is 0 Å². The predicted octanol–water partition coefficient (Wildman–Crippen LogP) is 1.49. The van der Waals surface area contributed by atoms with Gasteiger partial charge in [0.25, 0.3) is 0 Å². The summed E-state index contributed by atoms with van der Waals surface area (Å²) in [6.45, 7) is 3.49. The number of aromatic nitrogens is 3. The number of nitrogens with zero attached hydrogens (tertiary/aromatic N) is 5. The Morgan fingerprint density at radius 3 is 2.73 bits per heavy atom. The van der Waals surface area contributed by atoms with E-state index in [4.69, 9.17) is 4.74 Å². The van der Waals surface area contributed by atoms with Crippen molar-refractivity contribution in [2.24, 2.45) is 5.92 Å². The van der Waals surface area contributed by atoms with E-state index in [0.717, 1.165) is 12.8 Å². The van der Waals surface area contributed by atoms with E-state index >= 15 is 0 Å². The highest BCUT2D eigenvalue weighted by Crippen LogP contribution is 2.30. The fourth-order valence-electron chi connectivity index (χ4n) is 4.18. The fraction of sp³-hybridized carbons (Fsp3) is 0.476. The van der Waals surface area contributed by atoms with Gasteiger partial charge in [-0.3, -0.25) is 9.69 Å². The monoisotopic (exact) mass is 460 g/mol. The maximum absolute atomic E-state index is 14.9. The summed E-state index contributed by atoms with van der Waals surface area (Å²) < 4.78 is 21.6. The van der Waals surface area contributed by atoms with Gasteiger partial charge < -0.3 is 20.1 Å². The Bertz CT molecular complexity index is 1050. The molecule has 0 aliphatic carbocycles. The first-order chi connectivity index (χ1) is 15.8. The van der Waals surface area contributed by atoms with Crippen LogP contribution in [0.1, 0.15) is 30.3 Å². The molecule has 2 N–H and O–H groups in total. The molecule has 0 saturated carbocycles. The van der Waals surface area contributed by atoms with Gasteiger partial charge in [-0.15, -0.1) is 5.10 Å². The number of hydrogen-bond donors (Lipinski definition) is 2. The van der Waals surface area contributed by atoms with Crippen LogP contribution in [0.2, 0.25) is 0 Å². The summed E-state index contributed by atoms with van der Waals surface area (Å²) in [5.41, 5.74) is 0.902. The molecule has 2 aromatic rings. The molecule has 2 saturated heterocycles. The summed E-state index contributed by atoms with van der Waals surface area (Å²) in [5, 5.41) is 19.3. The second kappa shape index (κ2) is 9.43. The van der Waals surface area contributed by atoms with E-state index in [1.807, 2.05) is 4.90 Å². The number of amides is 2. The molecule has 12 heteroatoms. The van der Waals surface area contributed by atoms with Crippen LogP contribution in [0, 0.1) is 11.7 Å². The van der Waals surface area contributed by atoms with Crippen LogP contribution in [-0.2, 0) is 16.1 Å². The molecule has 2 fully saturated rings. The van der Waals surface area contributed by atoms with Gasteiger partial charge in [0.15, 0.2) is 5.69 Å². The van der Waals surface area contributed by atoms with E-state index in [0.29, 0.717) is 31.0 Å². The van der Waals surface area contributed by atoms with Gasteiger partial charge in [-0.25, -0.2) is 18.7 Å². The number of carboxylic acids is 1. The zero-order chi connectivity index (χ0) is 23.5. The maximum atomic E-state index is 14.9. The molecule has 4 rings (SSSR count). The number of rotatable bonds is 7. The van der Waals surface area contributed by atoms with Crippen molar-refractivity contribution < 1.29 is 28.6 Å². The first-order valence-electron chi connectivity index (χ1n) is 10.7. The molecule has 0 unspecified atom stereocenters. The second-order valence-corrected chi connectivity index (χ2v) is 8.23. The molecule has 176 valence electrons. The van der Waals surface area contributed by atoms with Crippen LogP contribution in [0.15, 0.2) is 24.4 Å². The highest BCUT2D eigenvalue weighted by atomic mass is 19.1. The van der Waals surface area contributed by atoms with Crippen molar-refractivity contribution in [2.75, 3.05) is 36.0 Å². The van der Waals surface area contributed by atoms with Crippen LogP contribution < -0.4 is 15.1 Å². The average Bonchev–Trinajstić information content (AvgIpc) is 3.39. The molecule has 0 radical (unpaired) electrons. The van der Waals surface area contributed by atoms with Crippen molar-refractivity contribution in [2.45, 2.75) is 32.4 Å². The normalized spacial score (nSPS) is 19.0. The molecule has 1 aromatic carbocycles. The Morgan fingerprint density at radius 2 is 2.06 bits per heavy atom. The van der Waals surface area contributed by atoms with Crippen molar-refractivity contribution in [1.82, 2.24) is 20.3 Å². The van der Waals surface area contributed by atoms with Gasteiger partial charge in [-0.1, -0.05) is 5.21 Å². The van der Waals surface area contributed by atoms with E-state index in [9.17, 15) is 23.9 Å². The number of piperidine rings is 1. The minimum atomic E-state index is -1.07. The first kappa shape index (κ1) is 22.5. The Kier molecular flexibility index (Phi) is 6.43. The van der Waals surface area contributed by atoms with E-state index in [-0.39, 0.29) is 30.6 Å². The number of benzene rings is 1. The Morgan fingerprint density at radius 1 is 1.30 bits per heavy atom. The maximum Gasteiger partial charge on any atom is 0.414 e. The largest absolute Gasteiger partial charge is 0.476 e. The summed E-state index contributed by atoms with van der Waals surface area (Å²) in [7, 11) is 0. The lowest BCUT2D eigenvalue weighted by molar-refractivity contribution is -0.119. The number of halogens is 1. The molecule has 1 aromatic heterocycles. The zero-order valence-electron chi connectivity index (χ0n) is 18.1.